The molecule has 24 heavy (non-hydrogen) atoms. The summed E-state index contributed by atoms with van der Waals surface area (Å²) < 4.78 is 0. The predicted octanol–water partition coefficient (Wildman–Crippen LogP) is -0.173. The molecular weight excluding hydrogens is 332 g/mol. The molecule has 0 aromatic heterocycles. The van der Waals surface area contributed by atoms with E-state index in [1.807, 2.05) is 0 Å². The summed E-state index contributed by atoms with van der Waals surface area (Å²) in [5.41, 5.74) is 5.68. The van der Waals surface area contributed by atoms with Gasteiger partial charge in [-0.05, 0) is 37.5 Å². The van der Waals surface area contributed by atoms with Gasteiger partial charge in [0.05, 0.1) is 6.04 Å². The van der Waals surface area contributed by atoms with Crippen LogP contribution >= 0.6 is 12.4 Å². The minimum atomic E-state index is -0.779. The number of carbonyl (C=O) groups is 3. The monoisotopic (exact) mass is 358 g/mol. The number of amides is 3. The van der Waals surface area contributed by atoms with E-state index >= 15 is 0 Å². The van der Waals surface area contributed by atoms with Crippen LogP contribution in [0.15, 0.2) is 0 Å². The molecule has 5 N–H and O–H groups in total. The fraction of sp³-hybridized carbons (Fsp3) is 0.812. The third-order valence-corrected chi connectivity index (χ3v) is 5.68. The molecular formula is C16H27ClN4O3. The Hall–Kier alpha value is -1.34. The maximum atomic E-state index is 12.5. The maximum Gasteiger partial charge on any atom is 0.240 e. The van der Waals surface area contributed by atoms with Gasteiger partial charge in [-0.3, -0.25) is 14.4 Å². The van der Waals surface area contributed by atoms with Crippen molar-refractivity contribution >= 4 is 30.1 Å². The Kier molecular flexibility index (Phi) is 6.09. The van der Waals surface area contributed by atoms with Gasteiger partial charge in [-0.15, -0.1) is 12.4 Å². The fourth-order valence-corrected chi connectivity index (χ4v) is 4.28. The minimum Gasteiger partial charge on any atom is -0.368 e. The van der Waals surface area contributed by atoms with Crippen LogP contribution in [-0.2, 0) is 14.4 Å². The van der Waals surface area contributed by atoms with Gasteiger partial charge in [0.25, 0.3) is 0 Å². The molecule has 3 rings (SSSR count). The van der Waals surface area contributed by atoms with Gasteiger partial charge in [-0.1, -0.05) is 12.8 Å². The van der Waals surface area contributed by atoms with Gasteiger partial charge in [0.2, 0.25) is 17.7 Å². The number of nitrogens with one attached hydrogen (secondary N) is 3. The first-order chi connectivity index (χ1) is 11.0. The van der Waals surface area contributed by atoms with Crippen LogP contribution in [0.1, 0.15) is 44.9 Å². The highest BCUT2D eigenvalue weighted by molar-refractivity contribution is 5.90. The van der Waals surface area contributed by atoms with E-state index in [4.69, 9.17) is 5.73 Å². The van der Waals surface area contributed by atoms with Gasteiger partial charge in [0, 0.05) is 19.0 Å². The van der Waals surface area contributed by atoms with Crippen LogP contribution in [0, 0.1) is 11.3 Å². The Morgan fingerprint density at radius 1 is 1.33 bits per heavy atom. The summed E-state index contributed by atoms with van der Waals surface area (Å²) in [5, 5.41) is 8.79. The molecule has 1 aliphatic carbocycles. The van der Waals surface area contributed by atoms with Crippen molar-refractivity contribution in [3.63, 3.8) is 0 Å². The molecule has 136 valence electrons. The van der Waals surface area contributed by atoms with Gasteiger partial charge in [-0.25, -0.2) is 0 Å². The van der Waals surface area contributed by atoms with Crippen molar-refractivity contribution in [3.8, 4) is 0 Å². The van der Waals surface area contributed by atoms with Crippen LogP contribution in [0.4, 0.5) is 0 Å². The number of hydrogen-bond acceptors (Lipinski definition) is 4. The maximum absolute atomic E-state index is 12.5. The molecule has 1 unspecified atom stereocenters. The molecule has 7 nitrogen and oxygen atoms in total. The predicted molar refractivity (Wildman–Crippen MR) is 91.4 cm³/mol. The number of rotatable bonds is 5. The van der Waals surface area contributed by atoms with E-state index in [1.165, 1.54) is 25.7 Å². The third-order valence-electron chi connectivity index (χ3n) is 5.68. The summed E-state index contributed by atoms with van der Waals surface area (Å²) in [4.78, 5) is 35.8. The second kappa shape index (κ2) is 7.70. The SMILES string of the molecule is Cl.NC(=O)[C@H](C[C@@H]1CCNC1=O)NC(=O)C1CC2(CCCC2)CN1. The largest absolute Gasteiger partial charge is 0.368 e. The van der Waals surface area contributed by atoms with Crippen LogP contribution < -0.4 is 21.7 Å². The van der Waals surface area contributed by atoms with E-state index in [0.717, 1.165) is 13.0 Å². The molecule has 3 aliphatic rings. The fourth-order valence-electron chi connectivity index (χ4n) is 4.28. The molecule has 2 saturated heterocycles. The third kappa shape index (κ3) is 4.00. The lowest BCUT2D eigenvalue weighted by atomic mass is 9.84. The number of primary amides is 1. The summed E-state index contributed by atoms with van der Waals surface area (Å²) in [5.74, 6) is -1.05. The standard InChI is InChI=1S/C16H26N4O3.ClH/c17-13(21)11(7-10-3-6-18-14(10)22)20-15(23)12-8-16(9-19-12)4-1-2-5-16;/h10-12,19H,1-9H2,(H2,17,21)(H,18,22)(H,20,23);1H/t10-,11-,12?;/m0./s1. The van der Waals surface area contributed by atoms with Gasteiger partial charge in [-0.2, -0.15) is 0 Å². The van der Waals surface area contributed by atoms with Crippen molar-refractivity contribution in [2.45, 2.75) is 57.0 Å². The smallest absolute Gasteiger partial charge is 0.240 e. The van der Waals surface area contributed by atoms with E-state index in [9.17, 15) is 14.4 Å². The number of carbonyl (C=O) groups excluding carboxylic acids is 3. The topological polar surface area (TPSA) is 113 Å². The van der Waals surface area contributed by atoms with E-state index in [2.05, 4.69) is 16.0 Å². The Labute approximate surface area is 148 Å². The first-order valence-electron chi connectivity index (χ1n) is 8.60. The molecule has 1 saturated carbocycles. The second-order valence-electron chi connectivity index (χ2n) is 7.32. The lowest BCUT2D eigenvalue weighted by Gasteiger charge is -2.22. The van der Waals surface area contributed by atoms with Crippen LogP contribution in [-0.4, -0.2) is 42.9 Å². The van der Waals surface area contributed by atoms with Crippen molar-refractivity contribution < 1.29 is 14.4 Å². The Balaban J connectivity index is 0.00000208. The van der Waals surface area contributed by atoms with Gasteiger partial charge in [0.1, 0.15) is 6.04 Å². The Morgan fingerprint density at radius 3 is 2.62 bits per heavy atom. The average molecular weight is 359 g/mol. The van der Waals surface area contributed by atoms with E-state index in [-0.39, 0.29) is 48.0 Å². The molecule has 2 aliphatic heterocycles. The summed E-state index contributed by atoms with van der Waals surface area (Å²) in [6.45, 7) is 1.49. The first kappa shape index (κ1) is 19.0. The van der Waals surface area contributed by atoms with E-state index in [0.29, 0.717) is 13.0 Å². The van der Waals surface area contributed by atoms with Crippen LogP contribution in [0.3, 0.4) is 0 Å². The highest BCUT2D eigenvalue weighted by atomic mass is 35.5. The van der Waals surface area contributed by atoms with Crippen molar-refractivity contribution in [1.29, 1.82) is 0 Å². The summed E-state index contributed by atoms with van der Waals surface area (Å²) in [6, 6.07) is -1.04. The molecule has 0 aromatic carbocycles. The highest BCUT2D eigenvalue weighted by Crippen LogP contribution is 2.44. The van der Waals surface area contributed by atoms with Gasteiger partial charge < -0.3 is 21.7 Å². The first-order valence-corrected chi connectivity index (χ1v) is 8.60. The van der Waals surface area contributed by atoms with Crippen molar-refractivity contribution in [1.82, 2.24) is 16.0 Å². The lowest BCUT2D eigenvalue weighted by Crippen LogP contribution is -2.51. The molecule has 8 heteroatoms. The van der Waals surface area contributed by atoms with Crippen molar-refractivity contribution in [2.24, 2.45) is 17.1 Å². The minimum absolute atomic E-state index is 0. The van der Waals surface area contributed by atoms with E-state index < -0.39 is 11.9 Å². The average Bonchev–Trinajstić information content (AvgIpc) is 3.23. The van der Waals surface area contributed by atoms with Crippen LogP contribution in [0.5, 0.6) is 0 Å². The van der Waals surface area contributed by atoms with E-state index in [1.54, 1.807) is 0 Å². The van der Waals surface area contributed by atoms with Crippen LogP contribution in [0.25, 0.3) is 0 Å². The van der Waals surface area contributed by atoms with Gasteiger partial charge in [0.15, 0.2) is 0 Å². The molecule has 3 atom stereocenters. The van der Waals surface area contributed by atoms with Crippen molar-refractivity contribution in [3.05, 3.63) is 0 Å². The number of nitrogens with two attached hydrogens (primary N) is 1. The molecule has 3 fully saturated rings. The van der Waals surface area contributed by atoms with Gasteiger partial charge >= 0.3 is 0 Å². The molecule has 1 spiro atoms. The normalized spacial score (nSPS) is 29.1. The molecule has 3 amide bonds. The zero-order valence-corrected chi connectivity index (χ0v) is 14.6. The molecule has 0 aromatic rings. The second-order valence-corrected chi connectivity index (χ2v) is 7.32. The molecule has 2 heterocycles. The lowest BCUT2D eigenvalue weighted by molar-refractivity contribution is -0.130. The Morgan fingerprint density at radius 2 is 2.04 bits per heavy atom. The van der Waals surface area contributed by atoms with Crippen LogP contribution in [0.2, 0.25) is 0 Å². The summed E-state index contributed by atoms with van der Waals surface area (Å²) >= 11 is 0. The quantitative estimate of drug-likeness (QED) is 0.546. The molecule has 0 radical (unpaired) electrons. The number of hydrogen-bond donors (Lipinski definition) is 4. The summed E-state index contributed by atoms with van der Waals surface area (Å²) in [6.07, 6.45) is 6.60. The zero-order valence-electron chi connectivity index (χ0n) is 13.8. The highest BCUT2D eigenvalue weighted by Gasteiger charge is 2.43. The van der Waals surface area contributed by atoms with Crippen molar-refractivity contribution in [2.75, 3.05) is 13.1 Å². The summed E-state index contributed by atoms with van der Waals surface area (Å²) in [7, 11) is 0. The molecule has 0 bridgehead atoms. The Bertz CT molecular complexity index is 508. The zero-order chi connectivity index (χ0) is 16.4. The number of halogens is 1.